The van der Waals surface area contributed by atoms with Crippen molar-refractivity contribution in [2.24, 2.45) is 5.41 Å². The summed E-state index contributed by atoms with van der Waals surface area (Å²) >= 11 is 0. The van der Waals surface area contributed by atoms with E-state index in [0.717, 1.165) is 49.5 Å². The summed E-state index contributed by atoms with van der Waals surface area (Å²) in [7, 11) is 0. The second kappa shape index (κ2) is 5.34. The predicted octanol–water partition coefficient (Wildman–Crippen LogP) is 3.30. The smallest absolute Gasteiger partial charge is 0.180 e. The van der Waals surface area contributed by atoms with Crippen LogP contribution < -0.4 is 4.90 Å². The number of piperazine rings is 1. The zero-order chi connectivity index (χ0) is 15.0. The number of fused-ring (bicyclic) bond motifs is 1. The molecule has 1 fully saturated rings. The summed E-state index contributed by atoms with van der Waals surface area (Å²) in [6.07, 6.45) is 0. The fraction of sp³-hybridized carbons (Fsp3) is 0.588. The summed E-state index contributed by atoms with van der Waals surface area (Å²) in [4.78, 5) is 4.89. The summed E-state index contributed by atoms with van der Waals surface area (Å²) in [5, 5.41) is 5.42. The Morgan fingerprint density at radius 1 is 1.14 bits per heavy atom. The average molecular weight is 287 g/mol. The molecule has 0 spiro atoms. The van der Waals surface area contributed by atoms with Gasteiger partial charge in [-0.05, 0) is 30.0 Å². The Bertz CT molecular complexity index is 618. The molecule has 0 atom stereocenters. The number of rotatable bonds is 2. The van der Waals surface area contributed by atoms with Crippen molar-refractivity contribution in [3.05, 3.63) is 23.8 Å². The topological polar surface area (TPSA) is 32.5 Å². The van der Waals surface area contributed by atoms with Crippen LogP contribution in [0.25, 0.3) is 11.0 Å². The van der Waals surface area contributed by atoms with E-state index in [1.165, 1.54) is 5.56 Å². The molecule has 0 unspecified atom stereocenters. The Hall–Kier alpha value is -1.55. The van der Waals surface area contributed by atoms with Gasteiger partial charge in [-0.15, -0.1) is 0 Å². The van der Waals surface area contributed by atoms with Gasteiger partial charge in [0, 0.05) is 32.7 Å². The molecule has 1 aromatic carbocycles. The first-order chi connectivity index (χ1) is 9.92. The molecule has 0 bridgehead atoms. The van der Waals surface area contributed by atoms with Crippen LogP contribution in [0.3, 0.4) is 0 Å². The molecule has 114 valence electrons. The third-order valence-electron chi connectivity index (χ3n) is 3.98. The van der Waals surface area contributed by atoms with Crippen molar-refractivity contribution >= 4 is 16.8 Å². The largest absolute Gasteiger partial charge is 0.354 e. The lowest BCUT2D eigenvalue weighted by Crippen LogP contribution is -2.48. The van der Waals surface area contributed by atoms with Crippen molar-refractivity contribution in [3.63, 3.8) is 0 Å². The summed E-state index contributed by atoms with van der Waals surface area (Å²) in [5.74, 6) is 1.00. The first-order valence-electron chi connectivity index (χ1n) is 7.76. The number of hydrogen-bond donors (Lipinski definition) is 0. The molecule has 2 heterocycles. The van der Waals surface area contributed by atoms with Gasteiger partial charge in [-0.25, -0.2) is 0 Å². The van der Waals surface area contributed by atoms with Gasteiger partial charge in [-0.1, -0.05) is 32.0 Å². The molecule has 0 N–H and O–H groups in total. The third kappa shape index (κ3) is 3.21. The predicted molar refractivity (Wildman–Crippen MR) is 86.9 cm³/mol. The number of anilines is 1. The quantitative estimate of drug-likeness (QED) is 0.848. The van der Waals surface area contributed by atoms with Crippen molar-refractivity contribution < 1.29 is 4.52 Å². The van der Waals surface area contributed by atoms with Gasteiger partial charge < -0.3 is 9.42 Å². The van der Waals surface area contributed by atoms with Crippen LogP contribution in [-0.4, -0.2) is 42.8 Å². The number of hydrogen-bond acceptors (Lipinski definition) is 4. The van der Waals surface area contributed by atoms with E-state index in [2.05, 4.69) is 60.9 Å². The molecule has 0 saturated carbocycles. The molecule has 1 aliphatic heterocycles. The fourth-order valence-corrected chi connectivity index (χ4v) is 3.05. The van der Waals surface area contributed by atoms with E-state index in [9.17, 15) is 0 Å². The third-order valence-corrected chi connectivity index (χ3v) is 3.98. The lowest BCUT2D eigenvalue weighted by molar-refractivity contribution is 0.182. The standard InChI is InChI=1S/C17H25N3O/c1-13-5-6-14-15(11-13)21-18-16(14)20-9-7-19(8-10-20)12-17(2,3)4/h5-6,11H,7-10,12H2,1-4H3. The molecule has 21 heavy (non-hydrogen) atoms. The normalized spacial score (nSPS) is 17.6. The Labute approximate surface area is 126 Å². The van der Waals surface area contributed by atoms with Gasteiger partial charge in [0.1, 0.15) is 0 Å². The molecule has 0 aliphatic carbocycles. The van der Waals surface area contributed by atoms with Crippen molar-refractivity contribution in [1.29, 1.82) is 0 Å². The Morgan fingerprint density at radius 2 is 1.86 bits per heavy atom. The highest BCUT2D eigenvalue weighted by Crippen LogP contribution is 2.28. The highest BCUT2D eigenvalue weighted by atomic mass is 16.5. The van der Waals surface area contributed by atoms with Crippen molar-refractivity contribution in [2.75, 3.05) is 37.6 Å². The minimum absolute atomic E-state index is 0.361. The van der Waals surface area contributed by atoms with E-state index in [1.807, 2.05) is 0 Å². The molecule has 4 heteroatoms. The Kier molecular flexibility index (Phi) is 3.66. The SMILES string of the molecule is Cc1ccc2c(N3CCN(CC(C)(C)C)CC3)noc2c1. The minimum atomic E-state index is 0.361. The monoisotopic (exact) mass is 287 g/mol. The maximum Gasteiger partial charge on any atom is 0.180 e. The van der Waals surface area contributed by atoms with Crippen LogP contribution in [-0.2, 0) is 0 Å². The minimum Gasteiger partial charge on any atom is -0.354 e. The van der Waals surface area contributed by atoms with E-state index in [4.69, 9.17) is 4.52 Å². The molecule has 1 saturated heterocycles. The van der Waals surface area contributed by atoms with Gasteiger partial charge in [-0.3, -0.25) is 4.90 Å². The molecule has 4 nitrogen and oxygen atoms in total. The summed E-state index contributed by atoms with van der Waals surface area (Å²) in [6.45, 7) is 14.4. The zero-order valence-corrected chi connectivity index (χ0v) is 13.5. The summed E-state index contributed by atoms with van der Waals surface area (Å²) < 4.78 is 5.49. The number of benzene rings is 1. The van der Waals surface area contributed by atoms with E-state index in [1.54, 1.807) is 0 Å². The number of nitrogens with zero attached hydrogens (tertiary/aromatic N) is 3. The van der Waals surface area contributed by atoms with Crippen molar-refractivity contribution in [2.45, 2.75) is 27.7 Å². The van der Waals surface area contributed by atoms with Crippen LogP contribution in [0.15, 0.2) is 22.7 Å². The highest BCUT2D eigenvalue weighted by molar-refractivity contribution is 5.89. The molecule has 0 radical (unpaired) electrons. The van der Waals surface area contributed by atoms with Gasteiger partial charge in [0.25, 0.3) is 0 Å². The van der Waals surface area contributed by atoms with Crippen LogP contribution in [0, 0.1) is 12.3 Å². The summed E-state index contributed by atoms with van der Waals surface area (Å²) in [5.41, 5.74) is 2.46. The van der Waals surface area contributed by atoms with Gasteiger partial charge >= 0.3 is 0 Å². The second-order valence-corrected chi connectivity index (χ2v) is 7.33. The van der Waals surface area contributed by atoms with Gasteiger partial charge in [0.2, 0.25) is 0 Å². The molecule has 2 aromatic rings. The lowest BCUT2D eigenvalue weighted by Gasteiger charge is -2.37. The molecular formula is C17H25N3O. The van der Waals surface area contributed by atoms with Crippen LogP contribution >= 0.6 is 0 Å². The van der Waals surface area contributed by atoms with Gasteiger partial charge in [0.05, 0.1) is 5.39 Å². The molecular weight excluding hydrogens is 262 g/mol. The number of aryl methyl sites for hydroxylation is 1. The average Bonchev–Trinajstić information content (AvgIpc) is 2.80. The van der Waals surface area contributed by atoms with Crippen LogP contribution in [0.2, 0.25) is 0 Å². The van der Waals surface area contributed by atoms with E-state index in [0.29, 0.717) is 5.41 Å². The van der Waals surface area contributed by atoms with Crippen molar-refractivity contribution in [1.82, 2.24) is 10.1 Å². The first-order valence-corrected chi connectivity index (χ1v) is 7.76. The molecule has 1 aromatic heterocycles. The van der Waals surface area contributed by atoms with E-state index >= 15 is 0 Å². The van der Waals surface area contributed by atoms with Crippen LogP contribution in [0.1, 0.15) is 26.3 Å². The van der Waals surface area contributed by atoms with E-state index < -0.39 is 0 Å². The molecule has 1 aliphatic rings. The van der Waals surface area contributed by atoms with Gasteiger partial charge in [0.15, 0.2) is 11.4 Å². The second-order valence-electron chi connectivity index (χ2n) is 7.33. The first kappa shape index (κ1) is 14.4. The highest BCUT2D eigenvalue weighted by Gasteiger charge is 2.24. The Balaban J connectivity index is 1.71. The fourth-order valence-electron chi connectivity index (χ4n) is 3.05. The lowest BCUT2D eigenvalue weighted by atomic mass is 9.96. The molecule has 3 rings (SSSR count). The van der Waals surface area contributed by atoms with Crippen LogP contribution in [0.5, 0.6) is 0 Å². The maximum absolute atomic E-state index is 5.49. The molecule has 0 amide bonds. The van der Waals surface area contributed by atoms with E-state index in [-0.39, 0.29) is 0 Å². The maximum atomic E-state index is 5.49. The van der Waals surface area contributed by atoms with Gasteiger partial charge in [-0.2, -0.15) is 0 Å². The number of aromatic nitrogens is 1. The Morgan fingerprint density at radius 3 is 2.52 bits per heavy atom. The van der Waals surface area contributed by atoms with Crippen LogP contribution in [0.4, 0.5) is 5.82 Å². The summed E-state index contributed by atoms with van der Waals surface area (Å²) in [6, 6.07) is 6.30. The van der Waals surface area contributed by atoms with Crippen molar-refractivity contribution in [3.8, 4) is 0 Å². The zero-order valence-electron chi connectivity index (χ0n) is 13.5.